The van der Waals surface area contributed by atoms with Crippen LogP contribution in [-0.4, -0.2) is 22.6 Å². The summed E-state index contributed by atoms with van der Waals surface area (Å²) >= 11 is 1.52. The quantitative estimate of drug-likeness (QED) is 0.782. The van der Waals surface area contributed by atoms with Gasteiger partial charge in [-0.2, -0.15) is 0 Å². The van der Waals surface area contributed by atoms with E-state index in [0.29, 0.717) is 24.4 Å². The fourth-order valence-corrected chi connectivity index (χ4v) is 2.59. The zero-order chi connectivity index (χ0) is 15.5. The molecule has 7 heteroatoms. The van der Waals surface area contributed by atoms with E-state index in [0.717, 1.165) is 16.5 Å². The van der Waals surface area contributed by atoms with Gasteiger partial charge >= 0.3 is 0 Å². The number of furan rings is 1. The first kappa shape index (κ1) is 14.5. The SMILES string of the molecule is Cc1ccc(CCNC(=O)c2cc(-c3csc(C)n3)on2)o1. The van der Waals surface area contributed by atoms with Crippen LogP contribution in [0, 0.1) is 13.8 Å². The summed E-state index contributed by atoms with van der Waals surface area (Å²) in [7, 11) is 0. The van der Waals surface area contributed by atoms with Crippen LogP contribution in [-0.2, 0) is 6.42 Å². The van der Waals surface area contributed by atoms with Gasteiger partial charge in [-0.1, -0.05) is 5.16 Å². The number of aromatic nitrogens is 2. The highest BCUT2D eigenvalue weighted by molar-refractivity contribution is 7.09. The van der Waals surface area contributed by atoms with Gasteiger partial charge in [-0.3, -0.25) is 4.79 Å². The van der Waals surface area contributed by atoms with Gasteiger partial charge in [-0.15, -0.1) is 11.3 Å². The summed E-state index contributed by atoms with van der Waals surface area (Å²) in [5, 5.41) is 9.38. The molecule has 0 atom stereocenters. The van der Waals surface area contributed by atoms with Crippen LogP contribution in [0.5, 0.6) is 0 Å². The van der Waals surface area contributed by atoms with E-state index in [1.165, 1.54) is 11.3 Å². The molecule has 0 unspecified atom stereocenters. The third-order valence-corrected chi connectivity index (χ3v) is 3.84. The van der Waals surface area contributed by atoms with E-state index >= 15 is 0 Å². The van der Waals surface area contributed by atoms with Gasteiger partial charge in [0.2, 0.25) is 0 Å². The van der Waals surface area contributed by atoms with E-state index in [9.17, 15) is 4.79 Å². The lowest BCUT2D eigenvalue weighted by molar-refractivity contribution is 0.0944. The molecule has 0 aliphatic rings. The van der Waals surface area contributed by atoms with E-state index in [1.54, 1.807) is 6.07 Å². The summed E-state index contributed by atoms with van der Waals surface area (Å²) in [5.41, 5.74) is 0.941. The van der Waals surface area contributed by atoms with E-state index in [2.05, 4.69) is 15.5 Å². The van der Waals surface area contributed by atoms with Crippen LogP contribution < -0.4 is 5.32 Å². The second-order valence-electron chi connectivity index (χ2n) is 4.85. The third-order valence-electron chi connectivity index (χ3n) is 3.07. The monoisotopic (exact) mass is 317 g/mol. The van der Waals surface area contributed by atoms with Gasteiger partial charge in [-0.05, 0) is 26.0 Å². The Labute approximate surface area is 131 Å². The zero-order valence-electron chi connectivity index (χ0n) is 12.3. The lowest BCUT2D eigenvalue weighted by atomic mass is 10.3. The molecule has 0 aliphatic heterocycles. The molecule has 0 fully saturated rings. The van der Waals surface area contributed by atoms with Crippen molar-refractivity contribution < 1.29 is 13.7 Å². The fourth-order valence-electron chi connectivity index (χ4n) is 1.99. The molecule has 114 valence electrons. The number of thiazole rings is 1. The van der Waals surface area contributed by atoms with Crippen LogP contribution >= 0.6 is 11.3 Å². The molecule has 3 aromatic heterocycles. The van der Waals surface area contributed by atoms with Crippen LogP contribution in [0.4, 0.5) is 0 Å². The summed E-state index contributed by atoms with van der Waals surface area (Å²) in [6.07, 6.45) is 0.634. The first-order valence-electron chi connectivity index (χ1n) is 6.84. The normalized spacial score (nSPS) is 10.8. The zero-order valence-corrected chi connectivity index (χ0v) is 13.1. The Bertz CT molecular complexity index is 787. The molecule has 6 nitrogen and oxygen atoms in total. The molecular weight excluding hydrogens is 302 g/mol. The Hall–Kier alpha value is -2.41. The number of carbonyl (C=O) groups is 1. The molecule has 0 bridgehead atoms. The minimum atomic E-state index is -0.273. The van der Waals surface area contributed by atoms with Gasteiger partial charge in [0.1, 0.15) is 17.2 Å². The number of carbonyl (C=O) groups excluding carboxylic acids is 1. The van der Waals surface area contributed by atoms with Crippen molar-refractivity contribution in [3.8, 4) is 11.5 Å². The average Bonchev–Trinajstić information content (AvgIpc) is 3.19. The van der Waals surface area contributed by atoms with Crippen molar-refractivity contribution in [2.24, 2.45) is 0 Å². The summed E-state index contributed by atoms with van der Waals surface area (Å²) < 4.78 is 10.6. The maximum absolute atomic E-state index is 12.0. The Kier molecular flexibility index (Phi) is 4.06. The number of nitrogens with one attached hydrogen (secondary N) is 1. The standard InChI is InChI=1S/C15H15N3O3S/c1-9-3-4-11(20-9)5-6-16-15(19)12-7-14(21-18-12)13-8-22-10(2)17-13/h3-4,7-8H,5-6H2,1-2H3,(H,16,19). The minimum absolute atomic E-state index is 0.247. The summed E-state index contributed by atoms with van der Waals surface area (Å²) in [5.74, 6) is 1.93. The molecule has 0 spiro atoms. The van der Waals surface area contributed by atoms with Gasteiger partial charge < -0.3 is 14.3 Å². The van der Waals surface area contributed by atoms with Crippen molar-refractivity contribution in [3.05, 3.63) is 45.8 Å². The number of hydrogen-bond acceptors (Lipinski definition) is 6. The Balaban J connectivity index is 1.57. The lowest BCUT2D eigenvalue weighted by Gasteiger charge is -2.00. The van der Waals surface area contributed by atoms with E-state index in [1.807, 2.05) is 31.4 Å². The molecular formula is C15H15N3O3S. The molecule has 0 aromatic carbocycles. The number of hydrogen-bond donors (Lipinski definition) is 1. The van der Waals surface area contributed by atoms with Gasteiger partial charge in [0.05, 0.1) is 5.01 Å². The average molecular weight is 317 g/mol. The molecule has 0 aliphatic carbocycles. The number of aryl methyl sites for hydroxylation is 2. The van der Waals surface area contributed by atoms with Crippen LogP contribution in [0.3, 0.4) is 0 Å². The predicted octanol–water partition coefficient (Wildman–Crippen LogP) is 2.98. The van der Waals surface area contributed by atoms with Gasteiger partial charge in [0.15, 0.2) is 11.5 Å². The molecule has 0 saturated heterocycles. The van der Waals surface area contributed by atoms with Crippen molar-refractivity contribution in [1.29, 1.82) is 0 Å². The highest BCUT2D eigenvalue weighted by Crippen LogP contribution is 2.22. The number of nitrogens with zero attached hydrogens (tertiary/aromatic N) is 2. The number of amides is 1. The Morgan fingerprint density at radius 1 is 1.36 bits per heavy atom. The highest BCUT2D eigenvalue weighted by atomic mass is 32.1. The maximum atomic E-state index is 12.0. The first-order valence-corrected chi connectivity index (χ1v) is 7.72. The topological polar surface area (TPSA) is 81.2 Å². The van der Waals surface area contributed by atoms with Crippen molar-refractivity contribution in [2.75, 3.05) is 6.54 Å². The van der Waals surface area contributed by atoms with Crippen molar-refractivity contribution in [3.63, 3.8) is 0 Å². The second kappa shape index (κ2) is 6.15. The van der Waals surface area contributed by atoms with Gasteiger partial charge in [-0.25, -0.2) is 4.98 Å². The fraction of sp³-hybridized carbons (Fsp3) is 0.267. The lowest BCUT2D eigenvalue weighted by Crippen LogP contribution is -2.25. The van der Waals surface area contributed by atoms with Gasteiger partial charge in [0.25, 0.3) is 5.91 Å². The van der Waals surface area contributed by atoms with E-state index < -0.39 is 0 Å². The molecule has 3 rings (SSSR count). The van der Waals surface area contributed by atoms with Crippen LogP contribution in [0.2, 0.25) is 0 Å². The van der Waals surface area contributed by atoms with Gasteiger partial charge in [0, 0.05) is 24.4 Å². The van der Waals surface area contributed by atoms with E-state index in [4.69, 9.17) is 8.94 Å². The summed E-state index contributed by atoms with van der Waals surface area (Å²) in [4.78, 5) is 16.3. The second-order valence-corrected chi connectivity index (χ2v) is 5.91. The molecule has 3 heterocycles. The van der Waals surface area contributed by atoms with Crippen molar-refractivity contribution in [2.45, 2.75) is 20.3 Å². The molecule has 1 N–H and O–H groups in total. The third kappa shape index (κ3) is 3.25. The molecule has 3 aromatic rings. The Morgan fingerprint density at radius 3 is 2.91 bits per heavy atom. The number of rotatable bonds is 5. The van der Waals surface area contributed by atoms with Crippen LogP contribution in [0.15, 0.2) is 32.5 Å². The first-order chi connectivity index (χ1) is 10.6. The predicted molar refractivity (Wildman–Crippen MR) is 81.8 cm³/mol. The highest BCUT2D eigenvalue weighted by Gasteiger charge is 2.15. The minimum Gasteiger partial charge on any atom is -0.466 e. The smallest absolute Gasteiger partial charge is 0.273 e. The molecule has 0 saturated carbocycles. The Morgan fingerprint density at radius 2 is 2.23 bits per heavy atom. The van der Waals surface area contributed by atoms with Crippen LogP contribution in [0.25, 0.3) is 11.5 Å². The molecule has 22 heavy (non-hydrogen) atoms. The van der Waals surface area contributed by atoms with E-state index in [-0.39, 0.29) is 11.6 Å². The van der Waals surface area contributed by atoms with Crippen LogP contribution in [0.1, 0.15) is 27.0 Å². The van der Waals surface area contributed by atoms with Crippen molar-refractivity contribution in [1.82, 2.24) is 15.5 Å². The molecule has 1 amide bonds. The van der Waals surface area contributed by atoms with Crippen molar-refractivity contribution >= 4 is 17.2 Å². The largest absolute Gasteiger partial charge is 0.466 e. The molecule has 0 radical (unpaired) electrons. The summed E-state index contributed by atoms with van der Waals surface area (Å²) in [6, 6.07) is 5.40. The summed E-state index contributed by atoms with van der Waals surface area (Å²) in [6.45, 7) is 4.28. The maximum Gasteiger partial charge on any atom is 0.273 e.